The Labute approximate surface area is 59.7 Å². The predicted molar refractivity (Wildman–Crippen MR) is 40.3 cm³/mol. The molecule has 3 heteroatoms. The Morgan fingerprint density at radius 2 is 2.50 bits per heavy atom. The first kappa shape index (κ1) is 6.74. The van der Waals surface area contributed by atoms with Crippen LogP contribution >= 0.6 is 0 Å². The van der Waals surface area contributed by atoms with Crippen LogP contribution in [0.2, 0.25) is 0 Å². The van der Waals surface area contributed by atoms with Crippen molar-refractivity contribution in [1.29, 1.82) is 0 Å². The van der Waals surface area contributed by atoms with Crippen LogP contribution in [0.4, 0.5) is 0 Å². The van der Waals surface area contributed by atoms with E-state index in [4.69, 9.17) is 0 Å². The van der Waals surface area contributed by atoms with E-state index in [2.05, 4.69) is 16.8 Å². The number of aromatic nitrogens is 3. The van der Waals surface area contributed by atoms with Crippen LogP contribution in [0.5, 0.6) is 0 Å². The Balaban J connectivity index is 2.83. The molecule has 0 aliphatic heterocycles. The minimum absolute atomic E-state index is 0.873. The summed E-state index contributed by atoms with van der Waals surface area (Å²) >= 11 is 0. The molecule has 0 saturated heterocycles. The maximum Gasteiger partial charge on any atom is 0.133 e. The van der Waals surface area contributed by atoms with E-state index >= 15 is 0 Å². The molecular weight excluding hydrogens is 126 g/mol. The Hall–Kier alpha value is -1.38. The molecule has 1 aromatic heterocycles. The third kappa shape index (κ3) is 1.31. The molecule has 0 saturated carbocycles. The highest BCUT2D eigenvalue weighted by Gasteiger charge is 1.89. The first-order valence-corrected chi connectivity index (χ1v) is 3.00. The summed E-state index contributed by atoms with van der Waals surface area (Å²) in [5.41, 5.74) is 0. The van der Waals surface area contributed by atoms with Crippen molar-refractivity contribution >= 4 is 6.20 Å². The van der Waals surface area contributed by atoms with Crippen molar-refractivity contribution < 1.29 is 0 Å². The van der Waals surface area contributed by atoms with Gasteiger partial charge in [-0.15, -0.1) is 10.2 Å². The lowest BCUT2D eigenvalue weighted by Gasteiger charge is -1.89. The molecule has 0 atom stereocenters. The van der Waals surface area contributed by atoms with Crippen molar-refractivity contribution in [2.24, 2.45) is 0 Å². The Morgan fingerprint density at radius 1 is 1.70 bits per heavy atom. The molecule has 0 aliphatic rings. The largest absolute Gasteiger partial charge is 0.293 e. The molecule has 0 bridgehead atoms. The van der Waals surface area contributed by atoms with Crippen LogP contribution in [-0.4, -0.2) is 14.8 Å². The zero-order valence-corrected chi connectivity index (χ0v) is 5.86. The summed E-state index contributed by atoms with van der Waals surface area (Å²) in [6, 6.07) is 0. The first-order valence-electron chi connectivity index (χ1n) is 3.00. The molecule has 0 unspecified atom stereocenters. The van der Waals surface area contributed by atoms with E-state index in [1.807, 2.05) is 23.8 Å². The summed E-state index contributed by atoms with van der Waals surface area (Å²) in [5.74, 6) is 0.873. The second kappa shape index (κ2) is 2.96. The summed E-state index contributed by atoms with van der Waals surface area (Å²) in [6.45, 7) is 5.44. The van der Waals surface area contributed by atoms with Gasteiger partial charge in [0.1, 0.15) is 12.2 Å². The minimum atomic E-state index is 0.873. The van der Waals surface area contributed by atoms with Crippen LogP contribution in [0.3, 0.4) is 0 Å². The van der Waals surface area contributed by atoms with E-state index < -0.39 is 0 Å². The fourth-order valence-electron chi connectivity index (χ4n) is 0.600. The van der Waals surface area contributed by atoms with Gasteiger partial charge in [-0.1, -0.05) is 12.7 Å². The second-order valence-corrected chi connectivity index (χ2v) is 1.86. The quantitative estimate of drug-likeness (QED) is 0.571. The minimum Gasteiger partial charge on any atom is -0.293 e. The van der Waals surface area contributed by atoms with E-state index in [1.165, 1.54) is 0 Å². The maximum absolute atomic E-state index is 3.80. The fraction of sp³-hybridized carbons (Fsp3) is 0.143. The van der Waals surface area contributed by atoms with Gasteiger partial charge in [-0.25, -0.2) is 0 Å². The van der Waals surface area contributed by atoms with Gasteiger partial charge in [0, 0.05) is 6.20 Å². The number of aryl methyl sites for hydroxylation is 1. The SMILES string of the molecule is C=CC=Cn1cnnc1C. The van der Waals surface area contributed by atoms with Crippen LogP contribution in [0.15, 0.2) is 25.1 Å². The summed E-state index contributed by atoms with van der Waals surface area (Å²) in [4.78, 5) is 0. The molecule has 0 N–H and O–H groups in total. The molecule has 10 heavy (non-hydrogen) atoms. The molecule has 0 radical (unpaired) electrons. The molecule has 52 valence electrons. The van der Waals surface area contributed by atoms with Gasteiger partial charge in [0.25, 0.3) is 0 Å². The van der Waals surface area contributed by atoms with Gasteiger partial charge in [-0.05, 0) is 13.0 Å². The monoisotopic (exact) mass is 135 g/mol. The van der Waals surface area contributed by atoms with Crippen molar-refractivity contribution in [2.45, 2.75) is 6.92 Å². The van der Waals surface area contributed by atoms with E-state index in [0.717, 1.165) is 5.82 Å². The van der Waals surface area contributed by atoms with Crippen molar-refractivity contribution in [3.63, 3.8) is 0 Å². The van der Waals surface area contributed by atoms with E-state index in [-0.39, 0.29) is 0 Å². The highest BCUT2D eigenvalue weighted by Crippen LogP contribution is 1.91. The molecular formula is C7H9N3. The Morgan fingerprint density at radius 3 is 3.00 bits per heavy atom. The van der Waals surface area contributed by atoms with Gasteiger partial charge in [0.2, 0.25) is 0 Å². The molecule has 3 nitrogen and oxygen atoms in total. The predicted octanol–water partition coefficient (Wildman–Crippen LogP) is 1.24. The van der Waals surface area contributed by atoms with E-state index in [1.54, 1.807) is 12.4 Å². The smallest absolute Gasteiger partial charge is 0.133 e. The number of allylic oxidation sites excluding steroid dienone is 2. The maximum atomic E-state index is 3.80. The average molecular weight is 135 g/mol. The van der Waals surface area contributed by atoms with Gasteiger partial charge < -0.3 is 0 Å². The average Bonchev–Trinajstić information content (AvgIpc) is 2.31. The van der Waals surface area contributed by atoms with Crippen LogP contribution in [0.1, 0.15) is 5.82 Å². The summed E-state index contributed by atoms with van der Waals surface area (Å²) in [6.07, 6.45) is 7.04. The molecule has 0 spiro atoms. The third-order valence-corrected chi connectivity index (χ3v) is 1.13. The zero-order valence-electron chi connectivity index (χ0n) is 5.86. The number of nitrogens with zero attached hydrogens (tertiary/aromatic N) is 3. The number of rotatable bonds is 2. The molecule has 1 aromatic rings. The molecule has 0 fully saturated rings. The van der Waals surface area contributed by atoms with Crippen LogP contribution in [0, 0.1) is 6.92 Å². The van der Waals surface area contributed by atoms with Gasteiger partial charge in [-0.3, -0.25) is 4.57 Å². The Kier molecular flexibility index (Phi) is 1.99. The van der Waals surface area contributed by atoms with Gasteiger partial charge in [0.15, 0.2) is 0 Å². The number of hydrogen-bond acceptors (Lipinski definition) is 2. The van der Waals surface area contributed by atoms with Gasteiger partial charge in [0.05, 0.1) is 0 Å². The lowest BCUT2D eigenvalue weighted by molar-refractivity contribution is 1.01. The molecule has 0 aromatic carbocycles. The third-order valence-electron chi connectivity index (χ3n) is 1.13. The van der Waals surface area contributed by atoms with E-state index in [9.17, 15) is 0 Å². The standard InChI is InChI=1S/C7H9N3/c1-3-4-5-10-6-8-9-7(10)2/h3-6H,1H2,2H3. The van der Waals surface area contributed by atoms with Gasteiger partial charge >= 0.3 is 0 Å². The molecule has 1 rings (SSSR count). The Bertz CT molecular complexity index is 247. The van der Waals surface area contributed by atoms with Crippen LogP contribution in [-0.2, 0) is 0 Å². The molecule has 1 heterocycles. The normalized spacial score (nSPS) is 10.5. The van der Waals surface area contributed by atoms with Gasteiger partial charge in [-0.2, -0.15) is 0 Å². The lowest BCUT2D eigenvalue weighted by Crippen LogP contribution is -1.86. The summed E-state index contributed by atoms with van der Waals surface area (Å²) in [7, 11) is 0. The van der Waals surface area contributed by atoms with Crippen molar-refractivity contribution in [3.8, 4) is 0 Å². The van der Waals surface area contributed by atoms with E-state index in [0.29, 0.717) is 0 Å². The van der Waals surface area contributed by atoms with Crippen molar-refractivity contribution in [1.82, 2.24) is 14.8 Å². The number of hydrogen-bond donors (Lipinski definition) is 0. The van der Waals surface area contributed by atoms with Crippen LogP contribution < -0.4 is 0 Å². The second-order valence-electron chi connectivity index (χ2n) is 1.86. The molecule has 0 amide bonds. The zero-order chi connectivity index (χ0) is 7.40. The summed E-state index contributed by atoms with van der Waals surface area (Å²) < 4.78 is 1.82. The van der Waals surface area contributed by atoms with Crippen molar-refractivity contribution in [3.05, 3.63) is 30.9 Å². The highest BCUT2D eigenvalue weighted by atomic mass is 15.2. The first-order chi connectivity index (χ1) is 4.84. The summed E-state index contributed by atoms with van der Waals surface area (Å²) in [5, 5.41) is 7.50. The molecule has 0 aliphatic carbocycles. The fourth-order valence-corrected chi connectivity index (χ4v) is 0.600. The highest BCUT2D eigenvalue weighted by molar-refractivity contribution is 5.27. The van der Waals surface area contributed by atoms with Crippen LogP contribution in [0.25, 0.3) is 6.20 Å². The topological polar surface area (TPSA) is 30.7 Å². The van der Waals surface area contributed by atoms with Crippen molar-refractivity contribution in [2.75, 3.05) is 0 Å². The lowest BCUT2D eigenvalue weighted by atomic mass is 10.6.